The Bertz CT molecular complexity index is 2660. The number of esters is 1. The van der Waals surface area contributed by atoms with E-state index in [2.05, 4.69) is 4.74 Å². The Kier molecular flexibility index (Phi) is 16.6. The van der Waals surface area contributed by atoms with Crippen LogP contribution in [0.15, 0.2) is 128 Å². The standard InChI is InChI=1S/C32H12BF24.C14H13N2O4/c34-25(35,36)13-1-14(26(37,38)39)6-21(5-13)33(22-7-15(27(40,41)42)2-16(8-22)28(43,44)45,23-9-17(29(46,47)48)3-18(10-23)30(49,50)51)24-11-19(31(52,53)54)4-20(12-24)32(55,56)57;17-14(20-11-16(18)19)13-6-8-15(9-7-13)10-12-4-2-1-3-5-12/h1-12H;1-9H,10-11H2/q-1;+1. The number of rotatable bonds is 9. The lowest BCUT2D eigenvalue weighted by atomic mass is 9.12. The highest BCUT2D eigenvalue weighted by Gasteiger charge is 2.47. The second-order valence-corrected chi connectivity index (χ2v) is 16.4. The summed E-state index contributed by atoms with van der Waals surface area (Å²) in [6.07, 6.45) is -51.3. The maximum atomic E-state index is 14.2. The van der Waals surface area contributed by atoms with Crippen molar-refractivity contribution in [1.29, 1.82) is 0 Å². The third-order valence-electron chi connectivity index (χ3n) is 11.1. The quantitative estimate of drug-likeness (QED) is 0.0275. The first-order valence-electron chi connectivity index (χ1n) is 20.6. The van der Waals surface area contributed by atoms with Crippen molar-refractivity contribution < 1.29 is 124 Å². The lowest BCUT2D eigenvalue weighted by Gasteiger charge is -2.46. The van der Waals surface area contributed by atoms with Crippen LogP contribution in [0.25, 0.3) is 0 Å². The molecule has 1 heterocycles. The van der Waals surface area contributed by atoms with Crippen molar-refractivity contribution in [1.82, 2.24) is 0 Å². The molecule has 0 unspecified atom stereocenters. The third kappa shape index (κ3) is 14.7. The fourth-order valence-electron chi connectivity index (χ4n) is 7.76. The van der Waals surface area contributed by atoms with Gasteiger partial charge in [-0.25, -0.2) is 9.36 Å². The predicted octanol–water partition coefficient (Wildman–Crippen LogP) is 12.6. The normalized spacial score (nSPS) is 13.2. The Balaban J connectivity index is 0.000000455. The molecular weight excluding hydrogens is 1110 g/mol. The predicted molar refractivity (Wildman–Crippen MR) is 220 cm³/mol. The fraction of sp³-hybridized carbons (Fsp3) is 0.217. The average Bonchev–Trinajstić information content (AvgIpc) is 3.29. The molecule has 1 aromatic heterocycles. The minimum absolute atomic E-state index is 0.288. The van der Waals surface area contributed by atoms with E-state index in [1.165, 1.54) is 0 Å². The van der Waals surface area contributed by atoms with Crippen LogP contribution in [0.5, 0.6) is 0 Å². The van der Waals surface area contributed by atoms with Crippen molar-refractivity contribution in [3.8, 4) is 0 Å². The molecule has 0 saturated heterocycles. The zero-order valence-electron chi connectivity index (χ0n) is 37.2. The molecule has 0 atom stereocenters. The summed E-state index contributed by atoms with van der Waals surface area (Å²) in [5, 5.41) is 10.1. The Labute approximate surface area is 414 Å². The molecule has 0 amide bonds. The largest absolute Gasteiger partial charge is 0.416 e. The van der Waals surface area contributed by atoms with Gasteiger partial charge in [-0.2, -0.15) is 127 Å². The Morgan fingerprint density at radius 1 is 0.416 bits per heavy atom. The van der Waals surface area contributed by atoms with Crippen molar-refractivity contribution in [2.45, 2.75) is 56.0 Å². The van der Waals surface area contributed by atoms with E-state index < -0.39 is 212 Å². The van der Waals surface area contributed by atoms with E-state index in [1.807, 2.05) is 34.9 Å². The average molecular weight is 1140 g/mol. The van der Waals surface area contributed by atoms with Gasteiger partial charge in [0.25, 0.3) is 0 Å². The number of carbonyl (C=O) groups excluding carboxylic acids is 1. The summed E-state index contributed by atoms with van der Waals surface area (Å²) in [7, 11) is 0. The summed E-state index contributed by atoms with van der Waals surface area (Å²) in [6.45, 7) is -0.136. The van der Waals surface area contributed by atoms with Crippen LogP contribution in [0.1, 0.15) is 60.4 Å². The first-order chi connectivity index (χ1) is 34.9. The number of hydrogen-bond donors (Lipinski definition) is 0. The molecular formula is C46H25BF24N2O4. The van der Waals surface area contributed by atoms with Crippen LogP contribution in [0, 0.1) is 10.1 Å². The summed E-state index contributed by atoms with van der Waals surface area (Å²) in [5.41, 5.74) is -28.8. The van der Waals surface area contributed by atoms with E-state index in [0.717, 1.165) is 5.56 Å². The molecule has 0 aliphatic heterocycles. The Hall–Kier alpha value is -7.50. The van der Waals surface area contributed by atoms with Gasteiger partial charge in [-0.05, 0) is 24.3 Å². The first kappa shape index (κ1) is 60.4. The molecule has 31 heteroatoms. The fourth-order valence-corrected chi connectivity index (χ4v) is 7.76. The molecule has 0 bridgehead atoms. The molecule has 6 rings (SSSR count). The molecule has 6 aromatic rings. The molecule has 414 valence electrons. The number of nitrogens with zero attached hydrogens (tertiary/aromatic N) is 2. The van der Waals surface area contributed by atoms with Gasteiger partial charge >= 0.3 is 62.1 Å². The molecule has 6 nitrogen and oxygen atoms in total. The van der Waals surface area contributed by atoms with Gasteiger partial charge in [0.1, 0.15) is 6.15 Å². The van der Waals surface area contributed by atoms with Crippen LogP contribution in [0.2, 0.25) is 0 Å². The van der Waals surface area contributed by atoms with Gasteiger partial charge in [0.15, 0.2) is 18.9 Å². The number of aromatic nitrogens is 1. The van der Waals surface area contributed by atoms with Gasteiger partial charge in [-0.3, -0.25) is 10.1 Å². The van der Waals surface area contributed by atoms with Crippen molar-refractivity contribution in [3.63, 3.8) is 0 Å². The summed E-state index contributed by atoms with van der Waals surface area (Å²) >= 11 is 0. The number of benzene rings is 5. The van der Waals surface area contributed by atoms with Crippen molar-refractivity contribution in [3.05, 3.63) is 193 Å². The molecule has 0 N–H and O–H groups in total. The van der Waals surface area contributed by atoms with Crippen LogP contribution in [-0.4, -0.2) is 23.8 Å². The van der Waals surface area contributed by atoms with E-state index in [0.29, 0.717) is 6.54 Å². The van der Waals surface area contributed by atoms with Crippen LogP contribution in [0.4, 0.5) is 105 Å². The van der Waals surface area contributed by atoms with Gasteiger partial charge in [0.05, 0.1) is 55.0 Å². The Morgan fingerprint density at radius 2 is 0.662 bits per heavy atom. The summed E-state index contributed by atoms with van der Waals surface area (Å²) in [4.78, 5) is 20.9. The van der Waals surface area contributed by atoms with Gasteiger partial charge in [0.2, 0.25) is 0 Å². The number of hydrogen-bond acceptors (Lipinski definition) is 4. The first-order valence-corrected chi connectivity index (χ1v) is 20.6. The number of alkyl halides is 24. The Morgan fingerprint density at radius 3 is 0.883 bits per heavy atom. The highest BCUT2D eigenvalue weighted by Crippen LogP contribution is 2.41. The van der Waals surface area contributed by atoms with E-state index >= 15 is 0 Å². The molecule has 0 radical (unpaired) electrons. The zero-order valence-corrected chi connectivity index (χ0v) is 37.2. The van der Waals surface area contributed by atoms with Crippen LogP contribution in [0.3, 0.4) is 0 Å². The van der Waals surface area contributed by atoms with Crippen LogP contribution < -0.4 is 26.4 Å². The van der Waals surface area contributed by atoms with E-state index in [1.54, 1.807) is 24.5 Å². The topological polar surface area (TPSA) is 73.3 Å². The SMILES string of the molecule is FC(F)(F)c1cc([B-](c2cc(C(F)(F)F)cc(C(F)(F)F)c2)(c2cc(C(F)(F)F)cc(C(F)(F)F)c2)c2cc(C(F)(F)F)cc(C(F)(F)F)c2)cc(C(F)(F)F)c1.O=C(OC[N+](=O)[O-])c1cc[n+](Cc2ccccc2)cc1. The van der Waals surface area contributed by atoms with Crippen LogP contribution >= 0.6 is 0 Å². The number of carbonyl (C=O) groups is 1. The minimum Gasteiger partial charge on any atom is -0.397 e. The number of ether oxygens (including phenoxy) is 1. The van der Waals surface area contributed by atoms with E-state index in [-0.39, 0.29) is 5.56 Å². The van der Waals surface area contributed by atoms with Gasteiger partial charge in [0, 0.05) is 17.7 Å². The zero-order chi connectivity index (χ0) is 58.3. The molecule has 0 saturated carbocycles. The smallest absolute Gasteiger partial charge is 0.397 e. The van der Waals surface area contributed by atoms with Gasteiger partial charge < -0.3 is 4.74 Å². The number of halogens is 24. The molecule has 0 aliphatic carbocycles. The second kappa shape index (κ2) is 21.1. The van der Waals surface area contributed by atoms with E-state index in [4.69, 9.17) is 0 Å². The molecule has 0 spiro atoms. The summed E-state index contributed by atoms with van der Waals surface area (Å²) in [6, 6.07) is 4.21. The summed E-state index contributed by atoms with van der Waals surface area (Å²) in [5.74, 6) is -0.700. The summed E-state index contributed by atoms with van der Waals surface area (Å²) < 4.78 is 347. The van der Waals surface area contributed by atoms with Crippen molar-refractivity contribution in [2.24, 2.45) is 0 Å². The molecule has 0 fully saturated rings. The highest BCUT2D eigenvalue weighted by molar-refractivity contribution is 7.20. The molecule has 0 aliphatic rings. The lowest BCUT2D eigenvalue weighted by Crippen LogP contribution is -2.75. The van der Waals surface area contributed by atoms with Crippen molar-refractivity contribution >= 4 is 34.0 Å². The molecule has 5 aromatic carbocycles. The lowest BCUT2D eigenvalue weighted by molar-refractivity contribution is -0.688. The van der Waals surface area contributed by atoms with Crippen molar-refractivity contribution in [2.75, 3.05) is 6.73 Å². The number of nitro groups is 1. The monoisotopic (exact) mass is 1140 g/mol. The second-order valence-electron chi connectivity index (χ2n) is 16.4. The third-order valence-corrected chi connectivity index (χ3v) is 11.1. The minimum atomic E-state index is -6.13. The highest BCUT2D eigenvalue weighted by atomic mass is 19.4. The van der Waals surface area contributed by atoms with Crippen LogP contribution in [-0.2, 0) is 60.7 Å². The van der Waals surface area contributed by atoms with Gasteiger partial charge in [-0.1, -0.05) is 78.9 Å². The number of pyridine rings is 1. The maximum absolute atomic E-state index is 14.2. The van der Waals surface area contributed by atoms with E-state index in [9.17, 15) is 120 Å². The maximum Gasteiger partial charge on any atom is 0.416 e. The van der Waals surface area contributed by atoms with Gasteiger partial charge in [-0.15, -0.1) is 0 Å². The molecule has 77 heavy (non-hydrogen) atoms.